The van der Waals surface area contributed by atoms with Crippen molar-refractivity contribution in [2.75, 3.05) is 0 Å². The molecule has 0 aliphatic heterocycles. The van der Waals surface area contributed by atoms with E-state index < -0.39 is 6.10 Å². The van der Waals surface area contributed by atoms with Gasteiger partial charge in [-0.1, -0.05) is 30.3 Å². The van der Waals surface area contributed by atoms with Crippen molar-refractivity contribution in [3.05, 3.63) is 88.0 Å². The molecule has 9 heteroatoms. The first-order chi connectivity index (χ1) is 15.6. The van der Waals surface area contributed by atoms with Crippen LogP contribution in [0, 0.1) is 6.57 Å². The Morgan fingerprint density at radius 3 is 2.81 bits per heavy atom. The molecule has 5 aromatic rings. The van der Waals surface area contributed by atoms with E-state index in [2.05, 4.69) is 19.8 Å². The number of fused-ring (bicyclic) bond motifs is 3. The van der Waals surface area contributed by atoms with Gasteiger partial charge in [-0.3, -0.25) is 9.13 Å². The van der Waals surface area contributed by atoms with Crippen LogP contribution in [0.5, 0.6) is 0 Å². The van der Waals surface area contributed by atoms with E-state index in [1.54, 1.807) is 39.9 Å². The molecular weight excluding hydrogens is 406 g/mol. The Kier molecular flexibility index (Phi) is 3.96. The van der Waals surface area contributed by atoms with Crippen LogP contribution in [0.2, 0.25) is 0 Å². The highest BCUT2D eigenvalue weighted by molar-refractivity contribution is 5.81. The van der Waals surface area contributed by atoms with E-state index in [-0.39, 0.29) is 11.7 Å². The minimum absolute atomic E-state index is 0.244. The van der Waals surface area contributed by atoms with Gasteiger partial charge in [0.05, 0.1) is 35.9 Å². The van der Waals surface area contributed by atoms with Crippen molar-refractivity contribution >= 4 is 27.9 Å². The lowest BCUT2D eigenvalue weighted by Gasteiger charge is -2.29. The fourth-order valence-electron chi connectivity index (χ4n) is 4.55. The smallest absolute Gasteiger partial charge is 0.328 e. The van der Waals surface area contributed by atoms with E-state index in [0.717, 1.165) is 16.6 Å². The summed E-state index contributed by atoms with van der Waals surface area (Å²) in [6.45, 7) is 7.28. The van der Waals surface area contributed by atoms with Crippen molar-refractivity contribution in [1.82, 2.24) is 29.1 Å². The quantitative estimate of drug-likeness (QED) is 0.423. The van der Waals surface area contributed by atoms with E-state index in [1.165, 1.54) is 0 Å². The Bertz CT molecular complexity index is 1600. The summed E-state index contributed by atoms with van der Waals surface area (Å²) < 4.78 is 3.36. The number of hydrogen-bond donors (Lipinski definition) is 2. The molecule has 1 aliphatic rings. The van der Waals surface area contributed by atoms with Gasteiger partial charge in [0.2, 0.25) is 5.95 Å². The molecule has 2 N–H and O–H groups in total. The molecule has 0 saturated heterocycles. The standard InChI is InChI=1S/C23H17N7O2/c1-24-13-6-7-16-19(10-13)29(12-26-16)22-25-11-17-21(28-22)30(23(32)27-17)18-8-9-20(31)15-5-3-2-4-14(15)18/h2-7,10-12,18,20,31H,8-9H2,(H,27,32)/t18-,20-/m1/s1. The molecule has 9 nitrogen and oxygen atoms in total. The van der Waals surface area contributed by atoms with Crippen molar-refractivity contribution < 1.29 is 5.11 Å². The first-order valence-electron chi connectivity index (χ1n) is 10.2. The Labute approximate surface area is 181 Å². The van der Waals surface area contributed by atoms with Crippen molar-refractivity contribution in [1.29, 1.82) is 0 Å². The van der Waals surface area contributed by atoms with E-state index in [9.17, 15) is 9.90 Å². The third-order valence-electron chi connectivity index (χ3n) is 6.06. The summed E-state index contributed by atoms with van der Waals surface area (Å²) in [5, 5.41) is 10.4. The lowest BCUT2D eigenvalue weighted by molar-refractivity contribution is 0.147. The first-order valence-corrected chi connectivity index (χ1v) is 10.2. The minimum atomic E-state index is -0.539. The number of aliphatic hydroxyl groups is 1. The maximum absolute atomic E-state index is 12.9. The van der Waals surface area contributed by atoms with Gasteiger partial charge in [0.1, 0.15) is 11.8 Å². The van der Waals surface area contributed by atoms with Crippen LogP contribution >= 0.6 is 0 Å². The molecule has 0 radical (unpaired) electrons. The van der Waals surface area contributed by atoms with Crippen molar-refractivity contribution in [2.24, 2.45) is 0 Å². The molecule has 32 heavy (non-hydrogen) atoms. The highest BCUT2D eigenvalue weighted by Gasteiger charge is 2.29. The van der Waals surface area contributed by atoms with E-state index in [4.69, 9.17) is 11.6 Å². The van der Waals surface area contributed by atoms with E-state index >= 15 is 0 Å². The van der Waals surface area contributed by atoms with Crippen LogP contribution in [0.1, 0.15) is 36.1 Å². The number of aromatic nitrogens is 6. The summed E-state index contributed by atoms with van der Waals surface area (Å²) in [5.41, 5.74) is 4.45. The van der Waals surface area contributed by atoms with Gasteiger partial charge in [0.25, 0.3) is 0 Å². The van der Waals surface area contributed by atoms with Crippen LogP contribution < -0.4 is 5.69 Å². The van der Waals surface area contributed by atoms with Crippen LogP contribution in [0.4, 0.5) is 5.69 Å². The molecule has 3 heterocycles. The third-order valence-corrected chi connectivity index (χ3v) is 6.06. The topological polar surface area (TPSA) is 106 Å². The molecular formula is C23H17N7O2. The van der Waals surface area contributed by atoms with Crippen LogP contribution in [0.15, 0.2) is 59.8 Å². The van der Waals surface area contributed by atoms with Gasteiger partial charge in [-0.25, -0.2) is 19.6 Å². The third kappa shape index (κ3) is 2.67. The number of nitrogens with zero attached hydrogens (tertiary/aromatic N) is 6. The van der Waals surface area contributed by atoms with Gasteiger partial charge in [-0.05, 0) is 36.1 Å². The van der Waals surface area contributed by atoms with Gasteiger partial charge in [0, 0.05) is 0 Å². The highest BCUT2D eigenvalue weighted by atomic mass is 16.3. The second kappa shape index (κ2) is 6.87. The fraction of sp³-hybridized carbons (Fsp3) is 0.174. The largest absolute Gasteiger partial charge is 0.388 e. The number of hydrogen-bond acceptors (Lipinski definition) is 5. The summed E-state index contributed by atoms with van der Waals surface area (Å²) in [6, 6.07) is 12.7. The summed E-state index contributed by atoms with van der Waals surface area (Å²) in [5.74, 6) is 0.360. The summed E-state index contributed by atoms with van der Waals surface area (Å²) in [4.78, 5) is 32.8. The number of aromatic amines is 1. The van der Waals surface area contributed by atoms with Crippen molar-refractivity contribution in [3.63, 3.8) is 0 Å². The van der Waals surface area contributed by atoms with Gasteiger partial charge < -0.3 is 10.1 Å². The average Bonchev–Trinajstić information content (AvgIpc) is 3.39. The average molecular weight is 423 g/mol. The summed E-state index contributed by atoms with van der Waals surface area (Å²) in [7, 11) is 0. The Hall–Kier alpha value is -4.29. The highest BCUT2D eigenvalue weighted by Crippen LogP contribution is 2.38. The number of aliphatic hydroxyl groups excluding tert-OH is 1. The minimum Gasteiger partial charge on any atom is -0.388 e. The van der Waals surface area contributed by atoms with Gasteiger partial charge in [-0.15, -0.1) is 0 Å². The zero-order chi connectivity index (χ0) is 21.8. The second-order valence-corrected chi connectivity index (χ2v) is 7.84. The molecule has 2 atom stereocenters. The van der Waals surface area contributed by atoms with E-state index in [1.807, 2.05) is 24.3 Å². The lowest BCUT2D eigenvalue weighted by Crippen LogP contribution is -2.27. The summed E-state index contributed by atoms with van der Waals surface area (Å²) >= 11 is 0. The second-order valence-electron chi connectivity index (χ2n) is 7.84. The van der Waals surface area contributed by atoms with Crippen LogP contribution in [0.3, 0.4) is 0 Å². The van der Waals surface area contributed by atoms with Crippen molar-refractivity contribution in [2.45, 2.75) is 25.0 Å². The molecule has 0 bridgehead atoms. The predicted octanol–water partition coefficient (Wildman–Crippen LogP) is 3.43. The number of imidazole rings is 2. The number of H-pyrrole nitrogens is 1. The van der Waals surface area contributed by atoms with Gasteiger partial charge >= 0.3 is 5.69 Å². The molecule has 156 valence electrons. The number of nitrogens with one attached hydrogen (secondary N) is 1. The van der Waals surface area contributed by atoms with Crippen LogP contribution in [-0.2, 0) is 0 Å². The molecule has 1 aliphatic carbocycles. The van der Waals surface area contributed by atoms with Crippen LogP contribution in [-0.4, -0.2) is 34.2 Å². The molecule has 2 aromatic carbocycles. The summed E-state index contributed by atoms with van der Waals surface area (Å²) in [6.07, 6.45) is 3.84. The molecule has 0 saturated carbocycles. The number of benzene rings is 2. The normalized spacial score (nSPS) is 18.0. The SMILES string of the molecule is [C-]#[N+]c1ccc2ncn(-c3ncc4[nH]c(=O)n([C@@H]5CC[C@@H](O)c6ccccc65)c4n3)c2c1. The Morgan fingerprint density at radius 2 is 1.97 bits per heavy atom. The Balaban J connectivity index is 1.55. The molecule has 3 aromatic heterocycles. The Morgan fingerprint density at radius 1 is 1.12 bits per heavy atom. The monoisotopic (exact) mass is 423 g/mol. The maximum atomic E-state index is 12.9. The number of rotatable bonds is 2. The molecule has 0 amide bonds. The zero-order valence-electron chi connectivity index (χ0n) is 16.8. The molecule has 0 fully saturated rings. The van der Waals surface area contributed by atoms with Gasteiger partial charge in [0.15, 0.2) is 11.3 Å². The molecule has 6 rings (SSSR count). The van der Waals surface area contributed by atoms with E-state index in [0.29, 0.717) is 41.2 Å². The molecule has 0 spiro atoms. The van der Waals surface area contributed by atoms with Gasteiger partial charge in [-0.2, -0.15) is 4.98 Å². The zero-order valence-corrected chi connectivity index (χ0v) is 16.8. The fourth-order valence-corrected chi connectivity index (χ4v) is 4.55. The maximum Gasteiger partial charge on any atom is 0.328 e. The lowest BCUT2D eigenvalue weighted by atomic mass is 9.85. The van der Waals surface area contributed by atoms with Crippen molar-refractivity contribution in [3.8, 4) is 5.95 Å². The molecule has 0 unspecified atom stereocenters. The first kappa shape index (κ1) is 18.5. The predicted molar refractivity (Wildman–Crippen MR) is 118 cm³/mol. The van der Waals surface area contributed by atoms with Crippen LogP contribution in [0.25, 0.3) is 33.0 Å².